The number of amides is 1. The number of anilines is 2. The largest absolute Gasteiger partial charge is 0.477 e. The van der Waals surface area contributed by atoms with Gasteiger partial charge in [-0.25, -0.2) is 23.8 Å². The number of carbonyl (C=O) groups is 2. The molecule has 10 aromatic heterocycles. The molecule has 27 heteroatoms. The number of benzene rings is 6. The number of carbonyl (C=O) groups excluding carboxylic acids is 1. The summed E-state index contributed by atoms with van der Waals surface area (Å²) in [5, 5.41) is 37.2. The summed E-state index contributed by atoms with van der Waals surface area (Å²) in [6.07, 6.45) is 29.8. The highest BCUT2D eigenvalue weighted by molar-refractivity contribution is 6.35. The fraction of sp³-hybridized carbons (Fsp3) is 0.169. The number of pyridine rings is 3. The van der Waals surface area contributed by atoms with Crippen LogP contribution in [-0.4, -0.2) is 89.2 Å². The zero-order valence-electron chi connectivity index (χ0n) is 63.2. The number of nitrogens with two attached hydrogens (primary N) is 4. The molecule has 10 N–H and O–H groups in total. The molecule has 0 aliphatic heterocycles. The Morgan fingerprint density at radius 3 is 1.28 bits per heavy atom. The number of hydrogen-bond acceptors (Lipinski definition) is 16. The Balaban J connectivity index is 0.000000124. The fourth-order valence-electron chi connectivity index (χ4n) is 13.5. The highest BCUT2D eigenvalue weighted by Gasteiger charge is 2.28. The number of aromatic carboxylic acids is 1. The lowest BCUT2D eigenvalue weighted by Crippen LogP contribution is -2.32. The molecule has 16 aromatic rings. The average Bonchev–Trinajstić information content (AvgIpc) is 1.12. The minimum absolute atomic E-state index is 0.0220. The molecule has 3 aliphatic carbocycles. The second-order valence-corrected chi connectivity index (χ2v) is 28.6. The van der Waals surface area contributed by atoms with Crippen molar-refractivity contribution >= 4 is 78.7 Å². The van der Waals surface area contributed by atoms with Crippen LogP contribution in [0.3, 0.4) is 0 Å². The van der Waals surface area contributed by atoms with Crippen LogP contribution in [0.5, 0.6) is 0 Å². The van der Waals surface area contributed by atoms with Gasteiger partial charge in [-0.2, -0.15) is 15.3 Å². The Kier molecular flexibility index (Phi) is 22.0. The predicted octanol–water partition coefficient (Wildman–Crippen LogP) is 12.9. The summed E-state index contributed by atoms with van der Waals surface area (Å²) in [4.78, 5) is 73.1. The second kappa shape index (κ2) is 33.3. The minimum atomic E-state index is -1.12. The van der Waals surface area contributed by atoms with Crippen molar-refractivity contribution in [2.45, 2.75) is 95.5 Å². The Morgan fingerprint density at radius 2 is 0.871 bits per heavy atom. The number of hydrogen-bond donors (Lipinski definition) is 6. The van der Waals surface area contributed by atoms with Gasteiger partial charge in [-0.3, -0.25) is 46.9 Å². The van der Waals surface area contributed by atoms with Crippen LogP contribution in [0.25, 0.3) is 60.7 Å². The molecule has 26 nitrogen and oxygen atoms in total. The van der Waals surface area contributed by atoms with Gasteiger partial charge in [-0.1, -0.05) is 132 Å². The first kappa shape index (κ1) is 76.6. The Hall–Kier alpha value is -14.8. The maximum absolute atomic E-state index is 14.3. The van der Waals surface area contributed by atoms with E-state index >= 15 is 0 Å². The first-order chi connectivity index (χ1) is 56.3. The monoisotopic (exact) mass is 1560 g/mol. The van der Waals surface area contributed by atoms with Crippen molar-refractivity contribution in [3.8, 4) is 53.1 Å². The van der Waals surface area contributed by atoms with Crippen molar-refractivity contribution in [2.24, 2.45) is 11.5 Å². The molecule has 1 amide bonds. The number of fused-ring (bicyclic) bond motifs is 5. The van der Waals surface area contributed by atoms with E-state index in [-0.39, 0.29) is 57.2 Å². The average molecular weight is 1560 g/mol. The van der Waals surface area contributed by atoms with Gasteiger partial charge < -0.3 is 33.4 Å². The summed E-state index contributed by atoms with van der Waals surface area (Å²) >= 11 is 6.21. The van der Waals surface area contributed by atoms with Gasteiger partial charge in [0.2, 0.25) is 0 Å². The van der Waals surface area contributed by atoms with Crippen molar-refractivity contribution in [3.05, 3.63) is 330 Å². The van der Waals surface area contributed by atoms with Gasteiger partial charge in [-0.05, 0) is 160 Å². The topological polar surface area (TPSA) is 350 Å². The van der Waals surface area contributed by atoms with Gasteiger partial charge in [0.15, 0.2) is 22.9 Å². The molecule has 0 radical (unpaired) electrons. The Morgan fingerprint density at radius 1 is 0.491 bits per heavy atom. The molecule has 0 unspecified atom stereocenters. The van der Waals surface area contributed by atoms with Crippen molar-refractivity contribution in [1.29, 1.82) is 0 Å². The smallest absolute Gasteiger partial charge is 0.343 e. The van der Waals surface area contributed by atoms with E-state index in [9.17, 15) is 24.0 Å². The van der Waals surface area contributed by atoms with Gasteiger partial charge in [0.25, 0.3) is 22.6 Å². The first-order valence-electron chi connectivity index (χ1n) is 37.5. The van der Waals surface area contributed by atoms with Gasteiger partial charge >= 0.3 is 5.97 Å². The Labute approximate surface area is 668 Å². The van der Waals surface area contributed by atoms with E-state index in [1.807, 2.05) is 211 Å². The van der Waals surface area contributed by atoms with Gasteiger partial charge in [-0.15, -0.1) is 16.6 Å². The van der Waals surface area contributed by atoms with Crippen molar-refractivity contribution < 1.29 is 14.7 Å². The molecule has 576 valence electrons. The third kappa shape index (κ3) is 16.5. The number of nitrogens with one attached hydrogen (secondary N) is 1. The van der Waals surface area contributed by atoms with Crippen LogP contribution < -0.4 is 44.9 Å². The minimum Gasteiger partial charge on any atom is -0.477 e. The van der Waals surface area contributed by atoms with Gasteiger partial charge in [0, 0.05) is 101 Å². The predicted molar refractivity (Wildman–Crippen MR) is 448 cm³/mol. The SMILES string of the molecule is C#Cc1cnn(C2CC2)c1.C[C@H](N)c1cc2cccc(C#Cc3cnn(C4CC4)c3)c2c(=O)n1-c1ccccc1.C[C@H](N)c1cc2cccc(Cl)c2c(=O)n1-c1ccccc1.C[C@H](NC(=O)c1c(N)nn2cccnc12)c1cc2cccc(C#Cc3cnn(C4CC4)c3)c2c(=O)n1-c1ccccc1.Nc1nn2cccnc2c1C(=O)O. The fourth-order valence-corrected chi connectivity index (χ4v) is 13.8. The maximum Gasteiger partial charge on any atom is 0.343 e. The van der Waals surface area contributed by atoms with Crippen molar-refractivity contribution in [3.63, 3.8) is 0 Å². The molecule has 6 aromatic carbocycles. The molecule has 3 atom stereocenters. The molecule has 0 saturated heterocycles. The summed E-state index contributed by atoms with van der Waals surface area (Å²) in [6, 6.07) is 54.9. The zero-order chi connectivity index (χ0) is 80.8. The van der Waals surface area contributed by atoms with E-state index in [4.69, 9.17) is 46.1 Å². The highest BCUT2D eigenvalue weighted by atomic mass is 35.5. The Bertz CT molecular complexity index is 6790. The third-order valence-corrected chi connectivity index (χ3v) is 20.0. The van der Waals surface area contributed by atoms with Crippen molar-refractivity contribution in [2.75, 3.05) is 11.5 Å². The number of rotatable bonds is 12. The van der Waals surface area contributed by atoms with Crippen LogP contribution in [0.15, 0.2) is 252 Å². The number of halogens is 1. The van der Waals surface area contributed by atoms with Crippen LogP contribution in [0, 0.1) is 36.0 Å². The molecule has 10 heterocycles. The number of nitrogen functional groups attached to an aromatic ring is 2. The first-order valence-corrected chi connectivity index (χ1v) is 37.9. The van der Waals surface area contributed by atoms with Crippen LogP contribution in [-0.2, 0) is 0 Å². The molecule has 116 heavy (non-hydrogen) atoms. The zero-order valence-corrected chi connectivity index (χ0v) is 63.9. The normalized spacial score (nSPS) is 13.5. The molecule has 3 aliphatic rings. The van der Waals surface area contributed by atoms with Crippen LogP contribution in [0.2, 0.25) is 5.02 Å². The second-order valence-electron chi connectivity index (χ2n) is 28.2. The molecule has 19 rings (SSSR count). The van der Waals surface area contributed by atoms with Crippen LogP contribution in [0.4, 0.5) is 11.6 Å². The molecular formula is C89H77ClN20O6. The van der Waals surface area contributed by atoms with E-state index in [1.54, 1.807) is 69.1 Å². The number of para-hydroxylation sites is 3. The lowest BCUT2D eigenvalue weighted by atomic mass is 10.0. The quantitative estimate of drug-likeness (QED) is 0.0619. The van der Waals surface area contributed by atoms with Crippen LogP contribution >= 0.6 is 11.6 Å². The lowest BCUT2D eigenvalue weighted by molar-refractivity contribution is 0.0699. The van der Waals surface area contributed by atoms with Gasteiger partial charge in [0.05, 0.1) is 80.6 Å². The van der Waals surface area contributed by atoms with Crippen molar-refractivity contribution in [1.82, 2.24) is 77.6 Å². The summed E-state index contributed by atoms with van der Waals surface area (Å²) in [5.41, 5.74) is 32.3. The molecule has 3 saturated carbocycles. The standard InChI is InChI=1S/C32H26N8O2.C25H22N4O.C17H15ClN2O.C8H8N2.C7H6N4O2/c1-20(36-31(41)28-29(33)37-38-16-6-15-34-30(28)38)26-17-23-8-5-7-22(12-11-21-18-35-39(19-21)24-13-14-24)27(23)32(42)40(26)25-9-3-2-4-10-25;1-17(26)23-14-20-7-5-6-19(11-10-18-15-27-28(16-18)21-12-13-21)24(20)25(30)29(23)22-8-3-2-4-9-22;1-11(19)15-10-12-6-5-9-14(18)16(12)17(21)20(15)13-7-3-2-4-8-13;1-2-7-5-9-10(6-7)8-3-4-8;8-5-4(7(12)13)6-9-2-1-3-11(6)10-5/h2-10,15-20,24H,13-14H2,1H3,(H2,33,37)(H,36,41);2-9,14-17,21H,12-13,26H2,1H3;2-11H,19H2,1H3;1,5-6,8H,3-4H2;1-3H,(H2,8,10)(H,12,13)/t20-;17-;11-;;/m000../s1. The number of carboxylic acid groups (broad SMARTS) is 1. The van der Waals surface area contributed by atoms with E-state index < -0.39 is 17.9 Å². The number of nitrogens with zero attached hydrogens (tertiary/aromatic N) is 15. The molecular weight excluding hydrogens is 1480 g/mol. The molecule has 0 spiro atoms. The number of carboxylic acids is 1. The van der Waals surface area contributed by atoms with E-state index in [0.29, 0.717) is 67.5 Å². The van der Waals surface area contributed by atoms with Gasteiger partial charge in [0.1, 0.15) is 11.1 Å². The highest BCUT2D eigenvalue weighted by Crippen LogP contribution is 2.36. The maximum atomic E-state index is 14.3. The van der Waals surface area contributed by atoms with Crippen LogP contribution in [0.1, 0.15) is 161 Å². The van der Waals surface area contributed by atoms with E-state index in [0.717, 1.165) is 68.5 Å². The molecule has 0 bridgehead atoms. The number of terminal acetylenes is 1. The molecule has 3 fully saturated rings. The third-order valence-electron chi connectivity index (χ3n) is 19.6. The summed E-state index contributed by atoms with van der Waals surface area (Å²) in [5.74, 6) is 13.8. The lowest BCUT2D eigenvalue weighted by Gasteiger charge is -2.21. The van der Waals surface area contributed by atoms with E-state index in [2.05, 4.69) is 70.4 Å². The summed E-state index contributed by atoms with van der Waals surface area (Å²) < 4.78 is 13.6. The number of aromatic nitrogens is 15. The summed E-state index contributed by atoms with van der Waals surface area (Å²) in [6.45, 7) is 5.58. The van der Waals surface area contributed by atoms with E-state index in [1.165, 1.54) is 40.9 Å². The summed E-state index contributed by atoms with van der Waals surface area (Å²) in [7, 11) is 0.